The first kappa shape index (κ1) is 23.6. The summed E-state index contributed by atoms with van der Waals surface area (Å²) in [5, 5.41) is 9.86. The van der Waals surface area contributed by atoms with E-state index in [4.69, 9.17) is 11.6 Å². The van der Waals surface area contributed by atoms with Crippen molar-refractivity contribution in [2.45, 2.75) is 43.9 Å². The van der Waals surface area contributed by atoms with Gasteiger partial charge in [-0.2, -0.15) is 18.3 Å². The van der Waals surface area contributed by atoms with E-state index in [2.05, 4.69) is 30.4 Å². The molecule has 2 aromatic heterocycles. The fourth-order valence-electron chi connectivity index (χ4n) is 4.88. The number of carbonyl (C=O) groups excluding carboxylic acids is 1. The van der Waals surface area contributed by atoms with Crippen LogP contribution in [0.1, 0.15) is 31.2 Å². The number of hydrogen-bond donors (Lipinski definition) is 2. The maximum absolute atomic E-state index is 13.9. The Morgan fingerprint density at radius 1 is 1.14 bits per heavy atom. The van der Waals surface area contributed by atoms with E-state index >= 15 is 0 Å². The van der Waals surface area contributed by atoms with Gasteiger partial charge in [0.05, 0.1) is 22.2 Å². The zero-order valence-corrected chi connectivity index (χ0v) is 19.2. The van der Waals surface area contributed by atoms with Gasteiger partial charge in [-0.05, 0) is 37.8 Å². The Labute approximate surface area is 202 Å². The normalized spacial score (nSPS) is 21.6. The van der Waals surface area contributed by atoms with Crippen molar-refractivity contribution in [2.24, 2.45) is 0 Å². The first-order chi connectivity index (χ1) is 16.7. The molecule has 3 aromatic rings. The summed E-state index contributed by atoms with van der Waals surface area (Å²) < 4.78 is 53.5. The molecule has 0 bridgehead atoms. The van der Waals surface area contributed by atoms with Crippen LogP contribution in [0.5, 0.6) is 0 Å². The number of aromatic nitrogens is 4. The number of halogens is 5. The summed E-state index contributed by atoms with van der Waals surface area (Å²) in [5.41, 5.74) is -0.880. The van der Waals surface area contributed by atoms with Crippen LogP contribution >= 0.6 is 11.6 Å². The van der Waals surface area contributed by atoms with Crippen LogP contribution in [0, 0.1) is 5.82 Å². The van der Waals surface area contributed by atoms with E-state index < -0.39 is 28.6 Å². The summed E-state index contributed by atoms with van der Waals surface area (Å²) in [6, 6.07) is 0.911. The number of benzene rings is 1. The highest BCUT2D eigenvalue weighted by molar-refractivity contribution is 6.31. The lowest BCUT2D eigenvalue weighted by atomic mass is 9.97. The largest absolute Gasteiger partial charge is 0.419 e. The Kier molecular flexibility index (Phi) is 6.16. The number of piperidine rings is 2. The molecule has 4 heterocycles. The number of nitrogens with one attached hydrogen (secondary N) is 2. The van der Waals surface area contributed by atoms with Crippen molar-refractivity contribution >= 4 is 40.0 Å². The van der Waals surface area contributed by atoms with Crippen LogP contribution in [0.4, 0.5) is 29.1 Å². The number of fused-ring (bicyclic) bond motifs is 1. The summed E-state index contributed by atoms with van der Waals surface area (Å²) >= 11 is 5.70. The zero-order chi connectivity index (χ0) is 24.7. The highest BCUT2D eigenvalue weighted by Gasteiger charge is 2.38. The number of H-pyrrole nitrogens is 1. The minimum atomic E-state index is -4.90. The van der Waals surface area contributed by atoms with Gasteiger partial charge in [0.15, 0.2) is 11.5 Å². The van der Waals surface area contributed by atoms with Gasteiger partial charge in [-0.15, -0.1) is 0 Å². The van der Waals surface area contributed by atoms with Crippen LogP contribution in [0.25, 0.3) is 11.0 Å². The number of alkyl halides is 3. The summed E-state index contributed by atoms with van der Waals surface area (Å²) in [5.74, 6) is -0.985. The van der Waals surface area contributed by atoms with Crippen molar-refractivity contribution < 1.29 is 22.4 Å². The molecule has 2 fully saturated rings. The van der Waals surface area contributed by atoms with Crippen molar-refractivity contribution in [1.29, 1.82) is 0 Å². The number of likely N-dealkylation sites (tertiary alicyclic amines) is 1. The van der Waals surface area contributed by atoms with Gasteiger partial charge in [0, 0.05) is 31.4 Å². The van der Waals surface area contributed by atoms with Gasteiger partial charge in [-0.25, -0.2) is 14.4 Å². The van der Waals surface area contributed by atoms with Gasteiger partial charge < -0.3 is 15.1 Å². The Balaban J connectivity index is 1.33. The summed E-state index contributed by atoms with van der Waals surface area (Å²) in [6.45, 7) is 1.89. The van der Waals surface area contributed by atoms with Crippen LogP contribution in [0.2, 0.25) is 5.02 Å². The van der Waals surface area contributed by atoms with Crippen molar-refractivity contribution in [1.82, 2.24) is 25.1 Å². The molecule has 35 heavy (non-hydrogen) atoms. The minimum Gasteiger partial charge on any atom is -0.374 e. The smallest absolute Gasteiger partial charge is 0.374 e. The average Bonchev–Trinajstić information content (AvgIpc) is 3.31. The topological polar surface area (TPSA) is 90.0 Å². The first-order valence-electron chi connectivity index (χ1n) is 11.2. The maximum Gasteiger partial charge on any atom is 0.419 e. The molecule has 13 heteroatoms. The minimum absolute atomic E-state index is 0.0440. The zero-order valence-electron chi connectivity index (χ0n) is 18.4. The molecule has 5 rings (SSSR count). The predicted molar refractivity (Wildman–Crippen MR) is 122 cm³/mol. The lowest BCUT2D eigenvalue weighted by molar-refractivity contribution is -0.140. The SMILES string of the molecule is O=C1C(Nc2cc(Cl)c(F)c(C(F)(F)F)c2)CCCN1[C@@H]1CCCN(c2ncnc3[nH]ncc23)C1. The van der Waals surface area contributed by atoms with E-state index in [1.165, 1.54) is 6.33 Å². The standard InChI is InChI=1S/C22H22ClF4N7O/c23-16-8-12(7-15(18(16)24)22(25,26)27)31-17-4-2-6-34(21(17)35)13-3-1-5-33(10-13)20-14-9-30-32-19(14)28-11-29-20/h7-9,11,13,17,31H,1-6,10H2,(H,28,29,30,32)/t13-,17?/m1/s1. The van der Waals surface area contributed by atoms with Gasteiger partial charge in [-0.3, -0.25) is 9.89 Å². The third-order valence-electron chi connectivity index (χ3n) is 6.51. The fraction of sp³-hybridized carbons (Fsp3) is 0.455. The highest BCUT2D eigenvalue weighted by Crippen LogP contribution is 2.37. The van der Waals surface area contributed by atoms with E-state index in [-0.39, 0.29) is 17.6 Å². The molecule has 2 saturated heterocycles. The Morgan fingerprint density at radius 3 is 2.74 bits per heavy atom. The molecule has 2 atom stereocenters. The number of aromatic amines is 1. The lowest BCUT2D eigenvalue weighted by Gasteiger charge is -2.43. The molecular weight excluding hydrogens is 490 g/mol. The molecule has 2 aliphatic rings. The molecular formula is C22H22ClF4N7O. The number of anilines is 2. The van der Waals surface area contributed by atoms with Gasteiger partial charge in [0.1, 0.15) is 18.2 Å². The van der Waals surface area contributed by atoms with Gasteiger partial charge in [0.2, 0.25) is 5.91 Å². The second-order valence-corrected chi connectivity index (χ2v) is 9.17. The molecule has 1 unspecified atom stereocenters. The van der Waals surface area contributed by atoms with E-state index in [0.29, 0.717) is 37.6 Å². The maximum atomic E-state index is 13.9. The molecule has 0 radical (unpaired) electrons. The van der Waals surface area contributed by atoms with Crippen molar-refractivity contribution in [2.75, 3.05) is 29.9 Å². The second-order valence-electron chi connectivity index (χ2n) is 8.76. The van der Waals surface area contributed by atoms with E-state index in [0.717, 1.165) is 36.7 Å². The molecule has 0 aliphatic carbocycles. The Morgan fingerprint density at radius 2 is 1.94 bits per heavy atom. The van der Waals surface area contributed by atoms with E-state index in [1.807, 2.05) is 0 Å². The highest BCUT2D eigenvalue weighted by atomic mass is 35.5. The van der Waals surface area contributed by atoms with Crippen molar-refractivity contribution in [3.05, 3.63) is 41.1 Å². The second kappa shape index (κ2) is 9.14. The number of hydrogen-bond acceptors (Lipinski definition) is 6. The van der Waals surface area contributed by atoms with Gasteiger partial charge in [-0.1, -0.05) is 11.6 Å². The summed E-state index contributed by atoms with van der Waals surface area (Å²) in [7, 11) is 0. The summed E-state index contributed by atoms with van der Waals surface area (Å²) in [4.78, 5) is 25.8. The Hall–Kier alpha value is -3.15. The molecule has 1 amide bonds. The number of amides is 1. The monoisotopic (exact) mass is 511 g/mol. The van der Waals surface area contributed by atoms with Gasteiger partial charge in [0.25, 0.3) is 0 Å². The van der Waals surface area contributed by atoms with Crippen LogP contribution in [-0.4, -0.2) is 62.7 Å². The first-order valence-corrected chi connectivity index (χ1v) is 11.6. The fourth-order valence-corrected chi connectivity index (χ4v) is 5.10. The number of rotatable bonds is 4. The predicted octanol–water partition coefficient (Wildman–Crippen LogP) is 4.24. The molecule has 0 saturated carbocycles. The van der Waals surface area contributed by atoms with Crippen LogP contribution < -0.4 is 10.2 Å². The lowest BCUT2D eigenvalue weighted by Crippen LogP contribution is -2.56. The number of carbonyl (C=O) groups is 1. The van der Waals surface area contributed by atoms with Gasteiger partial charge >= 0.3 is 6.18 Å². The van der Waals surface area contributed by atoms with E-state index in [9.17, 15) is 22.4 Å². The quantitative estimate of drug-likeness (QED) is 0.509. The van der Waals surface area contributed by atoms with Crippen molar-refractivity contribution in [3.63, 3.8) is 0 Å². The average molecular weight is 512 g/mol. The number of nitrogens with zero attached hydrogens (tertiary/aromatic N) is 5. The third kappa shape index (κ3) is 4.58. The van der Waals surface area contributed by atoms with Crippen LogP contribution in [-0.2, 0) is 11.0 Å². The Bertz CT molecular complexity index is 1250. The molecule has 2 aliphatic heterocycles. The van der Waals surface area contributed by atoms with E-state index in [1.54, 1.807) is 11.1 Å². The van der Waals surface area contributed by atoms with Crippen molar-refractivity contribution in [3.8, 4) is 0 Å². The van der Waals surface area contributed by atoms with Crippen LogP contribution in [0.3, 0.4) is 0 Å². The third-order valence-corrected chi connectivity index (χ3v) is 6.79. The molecule has 186 valence electrons. The molecule has 1 aromatic carbocycles. The molecule has 0 spiro atoms. The molecule has 8 nitrogen and oxygen atoms in total. The van der Waals surface area contributed by atoms with Crippen LogP contribution in [0.15, 0.2) is 24.7 Å². The summed E-state index contributed by atoms with van der Waals surface area (Å²) in [6.07, 6.45) is 1.01. The molecule has 2 N–H and O–H groups in total.